The SMILES string of the molecule is Cc1nscc1CC1(O)CCN(C(=O)c2ccc(NSc3cccc4ncsc34)cc2)CC1. The normalized spacial score (nSPS) is 15.6. The number of benzene rings is 2. The number of piperidine rings is 1. The van der Waals surface area contributed by atoms with E-state index in [0.717, 1.165) is 32.1 Å². The fourth-order valence-corrected chi connectivity index (χ4v) is 6.44. The quantitative estimate of drug-likeness (QED) is 0.349. The van der Waals surface area contributed by atoms with Crippen molar-refractivity contribution in [2.24, 2.45) is 0 Å². The van der Waals surface area contributed by atoms with Crippen molar-refractivity contribution in [3.63, 3.8) is 0 Å². The number of hydrogen-bond acceptors (Lipinski definition) is 8. The summed E-state index contributed by atoms with van der Waals surface area (Å²) in [5, 5.41) is 13.0. The molecule has 5 rings (SSSR count). The number of aliphatic hydroxyl groups is 1. The average Bonchev–Trinajstić information content (AvgIpc) is 3.47. The zero-order valence-electron chi connectivity index (χ0n) is 18.2. The Morgan fingerprint density at radius 2 is 2.00 bits per heavy atom. The van der Waals surface area contributed by atoms with Crippen LogP contribution < -0.4 is 4.72 Å². The second kappa shape index (κ2) is 9.42. The van der Waals surface area contributed by atoms with Gasteiger partial charge in [-0.2, -0.15) is 4.37 Å². The lowest BCUT2D eigenvalue weighted by molar-refractivity contribution is -0.0163. The molecule has 1 saturated heterocycles. The van der Waals surface area contributed by atoms with Crippen molar-refractivity contribution in [1.29, 1.82) is 0 Å². The van der Waals surface area contributed by atoms with E-state index in [1.807, 2.05) is 59.1 Å². The van der Waals surface area contributed by atoms with Gasteiger partial charge < -0.3 is 14.7 Å². The molecule has 9 heteroatoms. The highest BCUT2D eigenvalue weighted by molar-refractivity contribution is 8.01. The highest BCUT2D eigenvalue weighted by Crippen LogP contribution is 2.32. The van der Waals surface area contributed by atoms with Gasteiger partial charge in [0.2, 0.25) is 0 Å². The summed E-state index contributed by atoms with van der Waals surface area (Å²) in [4.78, 5) is 20.3. The van der Waals surface area contributed by atoms with Gasteiger partial charge in [-0.25, -0.2) is 4.98 Å². The number of carbonyl (C=O) groups excluding carboxylic acids is 1. The third-order valence-electron chi connectivity index (χ3n) is 6.08. The van der Waals surface area contributed by atoms with Gasteiger partial charge in [0, 0.05) is 41.0 Å². The highest BCUT2D eigenvalue weighted by atomic mass is 32.2. The highest BCUT2D eigenvalue weighted by Gasteiger charge is 2.34. The smallest absolute Gasteiger partial charge is 0.253 e. The number of amides is 1. The first-order chi connectivity index (χ1) is 16.0. The number of nitrogens with zero attached hydrogens (tertiary/aromatic N) is 3. The first-order valence-electron chi connectivity index (χ1n) is 10.8. The summed E-state index contributed by atoms with van der Waals surface area (Å²) in [6.45, 7) is 3.09. The van der Waals surface area contributed by atoms with Gasteiger partial charge in [0.25, 0.3) is 5.91 Å². The minimum absolute atomic E-state index is 0.0130. The van der Waals surface area contributed by atoms with Crippen LogP contribution in [0.4, 0.5) is 5.69 Å². The van der Waals surface area contributed by atoms with Crippen LogP contribution in [0, 0.1) is 6.92 Å². The molecular weight excluding hydrogens is 472 g/mol. The molecule has 1 aliphatic rings. The van der Waals surface area contributed by atoms with Gasteiger partial charge in [0.05, 0.1) is 27.0 Å². The number of thiazole rings is 1. The van der Waals surface area contributed by atoms with E-state index in [2.05, 4.69) is 20.1 Å². The molecule has 2 N–H and O–H groups in total. The van der Waals surface area contributed by atoms with Gasteiger partial charge in [0.15, 0.2) is 0 Å². The van der Waals surface area contributed by atoms with Gasteiger partial charge in [-0.15, -0.1) is 11.3 Å². The number of aryl methyl sites for hydroxylation is 1. The minimum Gasteiger partial charge on any atom is -0.389 e. The summed E-state index contributed by atoms with van der Waals surface area (Å²) in [5.74, 6) is 0.0130. The summed E-state index contributed by atoms with van der Waals surface area (Å²) in [7, 11) is 0. The fourth-order valence-electron chi connectivity index (χ4n) is 4.06. The zero-order valence-corrected chi connectivity index (χ0v) is 20.6. The van der Waals surface area contributed by atoms with Crippen LogP contribution in [-0.4, -0.2) is 44.0 Å². The number of likely N-dealkylation sites (tertiary alicyclic amines) is 1. The molecule has 2 aromatic carbocycles. The molecule has 1 aliphatic heterocycles. The predicted molar refractivity (Wildman–Crippen MR) is 136 cm³/mol. The molecule has 0 bridgehead atoms. The largest absolute Gasteiger partial charge is 0.389 e. The lowest BCUT2D eigenvalue weighted by Gasteiger charge is -2.38. The van der Waals surface area contributed by atoms with Crippen LogP contribution in [0.15, 0.2) is 58.3 Å². The molecule has 0 atom stereocenters. The maximum absolute atomic E-state index is 13.0. The lowest BCUT2D eigenvalue weighted by Crippen LogP contribution is -2.47. The first kappa shape index (κ1) is 22.3. The van der Waals surface area contributed by atoms with Crippen LogP contribution in [0.5, 0.6) is 0 Å². The Kier molecular flexibility index (Phi) is 6.38. The molecule has 170 valence electrons. The maximum Gasteiger partial charge on any atom is 0.253 e. The molecule has 0 radical (unpaired) electrons. The predicted octanol–water partition coefficient (Wildman–Crippen LogP) is 5.39. The van der Waals surface area contributed by atoms with Gasteiger partial charge in [-0.05, 0) is 85.2 Å². The molecule has 3 heterocycles. The van der Waals surface area contributed by atoms with E-state index in [4.69, 9.17) is 0 Å². The summed E-state index contributed by atoms with van der Waals surface area (Å²) in [5.41, 5.74) is 5.79. The molecular formula is C24H24N4O2S3. The van der Waals surface area contributed by atoms with E-state index < -0.39 is 5.60 Å². The monoisotopic (exact) mass is 496 g/mol. The van der Waals surface area contributed by atoms with Crippen LogP contribution in [0.2, 0.25) is 0 Å². The molecule has 33 heavy (non-hydrogen) atoms. The summed E-state index contributed by atoms with van der Waals surface area (Å²) in [6, 6.07) is 13.7. The Morgan fingerprint density at radius 1 is 1.21 bits per heavy atom. The van der Waals surface area contributed by atoms with Crippen molar-refractivity contribution >= 4 is 56.6 Å². The van der Waals surface area contributed by atoms with E-state index >= 15 is 0 Å². The minimum atomic E-state index is -0.768. The van der Waals surface area contributed by atoms with Crippen LogP contribution in [0.1, 0.15) is 34.5 Å². The van der Waals surface area contributed by atoms with Crippen molar-refractivity contribution < 1.29 is 9.90 Å². The molecule has 1 amide bonds. The Morgan fingerprint density at radius 3 is 2.73 bits per heavy atom. The van der Waals surface area contributed by atoms with Gasteiger partial charge in [-0.3, -0.25) is 4.79 Å². The number of hydrogen-bond donors (Lipinski definition) is 2. The summed E-state index contributed by atoms with van der Waals surface area (Å²) < 4.78 is 8.82. The number of nitrogens with one attached hydrogen (secondary N) is 1. The molecule has 4 aromatic rings. The third-order valence-corrected chi connectivity index (χ3v) is 8.75. The molecule has 0 aliphatic carbocycles. The molecule has 2 aromatic heterocycles. The van der Waals surface area contributed by atoms with Gasteiger partial charge >= 0.3 is 0 Å². The number of aromatic nitrogens is 2. The fraction of sp³-hybridized carbons (Fsp3) is 0.292. The number of carbonyl (C=O) groups is 1. The topological polar surface area (TPSA) is 78.4 Å². The average molecular weight is 497 g/mol. The molecule has 1 fully saturated rings. The lowest BCUT2D eigenvalue weighted by atomic mass is 9.85. The van der Waals surface area contributed by atoms with E-state index in [1.54, 1.807) is 23.3 Å². The molecule has 0 unspecified atom stereocenters. The van der Waals surface area contributed by atoms with Crippen LogP contribution in [-0.2, 0) is 6.42 Å². The molecule has 6 nitrogen and oxygen atoms in total. The zero-order chi connectivity index (χ0) is 22.8. The second-order valence-electron chi connectivity index (χ2n) is 8.36. The summed E-state index contributed by atoms with van der Waals surface area (Å²) in [6.07, 6.45) is 1.76. The van der Waals surface area contributed by atoms with E-state index in [1.165, 1.54) is 11.5 Å². The number of anilines is 1. The van der Waals surface area contributed by atoms with Gasteiger partial charge in [0.1, 0.15) is 0 Å². The van der Waals surface area contributed by atoms with E-state index in [-0.39, 0.29) is 5.91 Å². The Bertz CT molecular complexity index is 1260. The molecule has 0 saturated carbocycles. The third kappa shape index (κ3) is 4.91. The first-order valence-corrected chi connectivity index (χ1v) is 13.3. The summed E-state index contributed by atoms with van der Waals surface area (Å²) >= 11 is 4.60. The van der Waals surface area contributed by atoms with Crippen molar-refractivity contribution in [2.45, 2.75) is 36.7 Å². The Balaban J connectivity index is 1.17. The number of rotatable bonds is 6. The van der Waals surface area contributed by atoms with Crippen LogP contribution in [0.3, 0.4) is 0 Å². The van der Waals surface area contributed by atoms with Crippen molar-refractivity contribution in [1.82, 2.24) is 14.3 Å². The van der Waals surface area contributed by atoms with Crippen LogP contribution >= 0.6 is 34.8 Å². The van der Waals surface area contributed by atoms with Crippen molar-refractivity contribution in [2.75, 3.05) is 17.8 Å². The Labute approximate surface area is 205 Å². The molecule has 0 spiro atoms. The van der Waals surface area contributed by atoms with E-state index in [9.17, 15) is 9.90 Å². The Hall–Kier alpha value is -2.46. The van der Waals surface area contributed by atoms with Gasteiger partial charge in [-0.1, -0.05) is 6.07 Å². The van der Waals surface area contributed by atoms with E-state index in [0.29, 0.717) is 37.9 Å². The number of fused-ring (bicyclic) bond motifs is 1. The van der Waals surface area contributed by atoms with Crippen LogP contribution in [0.25, 0.3) is 10.2 Å². The maximum atomic E-state index is 13.0. The van der Waals surface area contributed by atoms with Crippen molar-refractivity contribution in [3.8, 4) is 0 Å². The standard InChI is InChI=1S/C24H24N4O2S3/c1-16-18(14-32-26-16)13-24(30)9-11-28(12-10-24)23(29)17-5-7-19(8-6-17)27-33-21-4-2-3-20-22(21)31-15-25-20/h2-8,14-15,27,30H,9-13H2,1H3. The van der Waals surface area contributed by atoms with Crippen molar-refractivity contribution in [3.05, 3.63) is 70.2 Å². The second-order valence-corrected chi connectivity index (χ2v) is 10.7.